The first kappa shape index (κ1) is 37.5. The number of carbonyl (C=O) groups excluding carboxylic acids is 4. The van der Waals surface area contributed by atoms with Crippen LogP contribution in [0.3, 0.4) is 0 Å². The first-order valence-electron chi connectivity index (χ1n) is 14.4. The van der Waals surface area contributed by atoms with Crippen molar-refractivity contribution < 1.29 is 33.0 Å². The summed E-state index contributed by atoms with van der Waals surface area (Å²) < 4.78 is 24.4. The van der Waals surface area contributed by atoms with Crippen LogP contribution in [0.2, 0.25) is 15.1 Å². The summed E-state index contributed by atoms with van der Waals surface area (Å²) in [5, 5.41) is 6.00. The van der Waals surface area contributed by atoms with Crippen LogP contribution in [-0.2, 0) is 14.3 Å². The maximum absolute atomic E-state index is 15.1. The van der Waals surface area contributed by atoms with E-state index in [9.17, 15) is 19.2 Å². The molecule has 0 aliphatic heterocycles. The normalized spacial score (nSPS) is 16.8. The van der Waals surface area contributed by atoms with Gasteiger partial charge in [0.05, 0.1) is 22.2 Å². The van der Waals surface area contributed by atoms with Gasteiger partial charge in [-0.15, -0.1) is 23.2 Å². The Balaban J connectivity index is 1.56. The highest BCUT2D eigenvalue weighted by Gasteiger charge is 2.67. The molecule has 4 amide bonds. The molecule has 48 heavy (non-hydrogen) atoms. The second-order valence-corrected chi connectivity index (χ2v) is 15.7. The molecule has 1 aliphatic carbocycles. The monoisotopic (exact) mass is 759 g/mol. The Bertz CT molecular complexity index is 1740. The van der Waals surface area contributed by atoms with Crippen molar-refractivity contribution in [2.45, 2.75) is 63.0 Å². The second kappa shape index (κ2) is 13.9. The number of hydrogen-bond acceptors (Lipinski definition) is 6. The van der Waals surface area contributed by atoms with Gasteiger partial charge in [-0.1, -0.05) is 34.8 Å². The number of nitrogens with one attached hydrogen (secondary N) is 2. The highest BCUT2D eigenvalue weighted by atomic mass is 35.5. The molecule has 1 fully saturated rings. The molecule has 3 aromatic carbocycles. The van der Waals surface area contributed by atoms with Crippen LogP contribution in [0.15, 0.2) is 54.6 Å². The minimum atomic E-state index is -1.43. The lowest BCUT2D eigenvalue weighted by atomic mass is 10.1. The smallest absolute Gasteiger partial charge is 0.424 e. The van der Waals surface area contributed by atoms with Gasteiger partial charge in [-0.05, 0) is 102 Å². The summed E-state index contributed by atoms with van der Waals surface area (Å²) in [6, 6.07) is 12.2. The van der Waals surface area contributed by atoms with Gasteiger partial charge >= 0.3 is 12.2 Å². The van der Waals surface area contributed by atoms with Crippen molar-refractivity contribution >= 4 is 99.1 Å². The van der Waals surface area contributed by atoms with Crippen molar-refractivity contribution in [3.63, 3.8) is 0 Å². The Hall–Kier alpha value is -3.28. The molecule has 0 saturated heterocycles. The van der Waals surface area contributed by atoms with E-state index in [0.29, 0.717) is 20.5 Å². The van der Waals surface area contributed by atoms with Crippen molar-refractivity contribution in [2.75, 3.05) is 15.5 Å². The van der Waals surface area contributed by atoms with E-state index in [2.05, 4.69) is 10.6 Å². The van der Waals surface area contributed by atoms with Crippen LogP contribution in [0.25, 0.3) is 0 Å². The third-order valence-electron chi connectivity index (χ3n) is 6.66. The maximum atomic E-state index is 15.1. The minimum Gasteiger partial charge on any atom is -0.443 e. The molecule has 1 aliphatic rings. The number of halogens is 6. The fourth-order valence-corrected chi connectivity index (χ4v) is 6.24. The number of ether oxygens (including phenoxy) is 2. The molecule has 0 aromatic heterocycles. The molecule has 2 atom stereocenters. The second-order valence-electron chi connectivity index (χ2n) is 12.9. The predicted octanol–water partition coefficient (Wildman–Crippen LogP) is 10.2. The van der Waals surface area contributed by atoms with E-state index in [1.807, 2.05) is 0 Å². The van der Waals surface area contributed by atoms with Crippen LogP contribution in [0.1, 0.15) is 63.4 Å². The Labute approximate surface area is 301 Å². The zero-order valence-corrected chi connectivity index (χ0v) is 30.3. The van der Waals surface area contributed by atoms with E-state index >= 15 is 4.39 Å². The first-order valence-corrected chi connectivity index (χ1v) is 16.3. The predicted molar refractivity (Wildman–Crippen MR) is 187 cm³/mol. The summed E-state index contributed by atoms with van der Waals surface area (Å²) in [7, 11) is 0. The zero-order valence-electron chi connectivity index (χ0n) is 26.5. The summed E-state index contributed by atoms with van der Waals surface area (Å²) >= 11 is 31.5. The molecular weight excluding hydrogens is 731 g/mol. The van der Waals surface area contributed by atoms with Gasteiger partial charge in [0.1, 0.15) is 21.4 Å². The van der Waals surface area contributed by atoms with Crippen molar-refractivity contribution in [1.29, 1.82) is 0 Å². The number of benzene rings is 3. The topological polar surface area (TPSA) is 114 Å². The van der Waals surface area contributed by atoms with Gasteiger partial charge in [-0.3, -0.25) is 9.59 Å². The molecule has 0 unspecified atom stereocenters. The summed E-state index contributed by atoms with van der Waals surface area (Å²) in [6.45, 7) is 9.45. The number of nitrogens with zero attached hydrogens (tertiary/aromatic N) is 1. The largest absolute Gasteiger partial charge is 0.443 e. The van der Waals surface area contributed by atoms with Crippen molar-refractivity contribution in [3.8, 4) is 0 Å². The molecule has 3 aromatic rings. The average Bonchev–Trinajstić information content (AvgIpc) is 3.51. The van der Waals surface area contributed by atoms with Gasteiger partial charge < -0.3 is 20.1 Å². The molecule has 0 heterocycles. The van der Waals surface area contributed by atoms with Crippen molar-refractivity contribution in [3.05, 3.63) is 86.6 Å². The lowest BCUT2D eigenvalue weighted by molar-refractivity contribution is -0.117. The fourth-order valence-electron chi connectivity index (χ4n) is 4.67. The fraction of sp³-hybridized carbons (Fsp3) is 0.333. The molecular formula is C33H31Cl5FN3O6. The Kier molecular flexibility index (Phi) is 10.9. The molecule has 4 rings (SSSR count). The highest BCUT2D eigenvalue weighted by Crippen LogP contribution is 2.65. The van der Waals surface area contributed by atoms with E-state index in [1.54, 1.807) is 59.7 Å². The van der Waals surface area contributed by atoms with E-state index in [4.69, 9.17) is 67.5 Å². The number of imide groups is 1. The number of carbonyl (C=O) groups is 4. The van der Waals surface area contributed by atoms with E-state index < -0.39 is 62.9 Å². The van der Waals surface area contributed by atoms with E-state index in [0.717, 1.165) is 12.1 Å². The lowest BCUT2D eigenvalue weighted by Crippen LogP contribution is -2.44. The molecule has 2 N–H and O–H groups in total. The van der Waals surface area contributed by atoms with Crippen LogP contribution >= 0.6 is 58.0 Å². The Morgan fingerprint density at radius 3 is 1.83 bits per heavy atom. The van der Waals surface area contributed by atoms with Crippen LogP contribution < -0.4 is 15.5 Å². The quantitative estimate of drug-likeness (QED) is 0.242. The maximum Gasteiger partial charge on any atom is 0.424 e. The molecule has 0 radical (unpaired) electrons. The van der Waals surface area contributed by atoms with Gasteiger partial charge in [0.15, 0.2) is 0 Å². The zero-order chi connectivity index (χ0) is 35.9. The van der Waals surface area contributed by atoms with Gasteiger partial charge in [-0.2, -0.15) is 4.90 Å². The summed E-state index contributed by atoms with van der Waals surface area (Å²) in [6.07, 6.45) is -2.39. The first-order chi connectivity index (χ1) is 22.1. The minimum absolute atomic E-state index is 0.00547. The number of hydrogen-bond donors (Lipinski definition) is 2. The van der Waals surface area contributed by atoms with Crippen LogP contribution in [-0.4, -0.2) is 39.5 Å². The van der Waals surface area contributed by atoms with Crippen LogP contribution in [0.5, 0.6) is 0 Å². The third kappa shape index (κ3) is 9.03. The van der Waals surface area contributed by atoms with Crippen LogP contribution in [0, 0.1) is 11.7 Å². The molecule has 15 heteroatoms. The van der Waals surface area contributed by atoms with Gasteiger partial charge in [0.25, 0.3) is 5.91 Å². The highest BCUT2D eigenvalue weighted by molar-refractivity contribution is 6.53. The van der Waals surface area contributed by atoms with Crippen molar-refractivity contribution in [1.82, 2.24) is 0 Å². The van der Waals surface area contributed by atoms with Gasteiger partial charge in [-0.25, -0.2) is 14.0 Å². The SMILES string of the molecule is CC(C)(C)OC(=O)N(C(=O)OC(C)(C)C)c1cc(NC(=O)c2cc(NC(=O)[C@H]3[C@H](c4cc(Cl)cc(Cl)c4)C3(Cl)Cl)ccc2Cl)ccc1F. The van der Waals surface area contributed by atoms with Crippen LogP contribution in [0.4, 0.5) is 31.0 Å². The van der Waals surface area contributed by atoms with Gasteiger partial charge in [0, 0.05) is 27.3 Å². The van der Waals surface area contributed by atoms with E-state index in [1.165, 1.54) is 24.3 Å². The Morgan fingerprint density at radius 2 is 1.29 bits per heavy atom. The number of anilines is 3. The molecule has 1 saturated carbocycles. The van der Waals surface area contributed by atoms with E-state index in [-0.39, 0.29) is 22.0 Å². The molecule has 256 valence electrons. The number of rotatable bonds is 6. The standard InChI is InChI=1S/C33H31Cl5FN3O6/c1-31(2,3)47-29(45)42(30(46)48-32(4,5)6)24-15-20(8-10-23(24)39)40-27(43)21-14-19(7-9-22(21)36)41-28(44)26-25(33(26,37)38)16-11-17(34)13-18(35)12-16/h7-15,25-26H,1-6H3,(H,40,43)(H,41,44)/t25-,26+/m0/s1. The molecule has 0 bridgehead atoms. The Morgan fingerprint density at radius 1 is 0.771 bits per heavy atom. The summed E-state index contributed by atoms with van der Waals surface area (Å²) in [5.41, 5.74) is -1.87. The summed E-state index contributed by atoms with van der Waals surface area (Å²) in [4.78, 5) is 53.1. The van der Waals surface area contributed by atoms with Gasteiger partial charge in [0.2, 0.25) is 5.91 Å². The molecule has 9 nitrogen and oxygen atoms in total. The third-order valence-corrected chi connectivity index (χ3v) is 8.36. The number of alkyl halides is 2. The average molecular weight is 762 g/mol. The van der Waals surface area contributed by atoms with Crippen molar-refractivity contribution in [2.24, 2.45) is 5.92 Å². The summed E-state index contributed by atoms with van der Waals surface area (Å²) in [5.74, 6) is -3.71. The molecule has 0 spiro atoms. The number of amides is 4. The lowest BCUT2D eigenvalue weighted by Gasteiger charge is -2.29.